The highest BCUT2D eigenvalue weighted by Gasteiger charge is 2.11. The van der Waals surface area contributed by atoms with Crippen LogP contribution in [0.3, 0.4) is 0 Å². The van der Waals surface area contributed by atoms with Gasteiger partial charge < -0.3 is 4.90 Å². The van der Waals surface area contributed by atoms with Crippen LogP contribution in [0.5, 0.6) is 0 Å². The molecule has 0 aliphatic carbocycles. The molecule has 0 spiro atoms. The van der Waals surface area contributed by atoms with Gasteiger partial charge in [0.2, 0.25) is 0 Å². The van der Waals surface area contributed by atoms with Crippen LogP contribution in [-0.2, 0) is 0 Å². The van der Waals surface area contributed by atoms with Crippen molar-refractivity contribution in [3.05, 3.63) is 12.2 Å². The highest BCUT2D eigenvalue weighted by Crippen LogP contribution is 2.17. The third-order valence-corrected chi connectivity index (χ3v) is 3.15. The van der Waals surface area contributed by atoms with E-state index in [2.05, 4.69) is 65.8 Å². The molecule has 0 amide bonds. The van der Waals surface area contributed by atoms with Gasteiger partial charge in [-0.15, -0.1) is 0 Å². The molecule has 0 saturated heterocycles. The Labute approximate surface area is 96.6 Å². The Morgan fingerprint density at radius 2 is 1.40 bits per heavy atom. The zero-order valence-corrected chi connectivity index (χ0v) is 11.6. The van der Waals surface area contributed by atoms with Gasteiger partial charge in [0.1, 0.15) is 0 Å². The average Bonchev–Trinajstić information content (AvgIpc) is 2.10. The Kier molecular flexibility index (Phi) is 6.91. The summed E-state index contributed by atoms with van der Waals surface area (Å²) >= 11 is 0. The van der Waals surface area contributed by atoms with Crippen LogP contribution >= 0.6 is 0 Å². The number of allylic oxidation sites excluding steroid dienone is 1. The molecule has 1 nitrogen and oxygen atoms in total. The molecule has 0 aliphatic heterocycles. The first-order chi connectivity index (χ1) is 6.84. The fourth-order valence-corrected chi connectivity index (χ4v) is 1.46. The maximum Gasteiger partial charge on any atom is 0.00407 e. The first-order valence-corrected chi connectivity index (χ1v) is 6.17. The van der Waals surface area contributed by atoms with Crippen molar-refractivity contribution in [3.63, 3.8) is 0 Å². The second-order valence-electron chi connectivity index (χ2n) is 5.66. The molecular formula is C14H29N. The van der Waals surface area contributed by atoms with Crippen molar-refractivity contribution in [3.8, 4) is 0 Å². The molecule has 15 heavy (non-hydrogen) atoms. The van der Waals surface area contributed by atoms with Crippen LogP contribution in [-0.4, -0.2) is 25.5 Å². The van der Waals surface area contributed by atoms with Crippen LogP contribution in [0.25, 0.3) is 0 Å². The van der Waals surface area contributed by atoms with Crippen molar-refractivity contribution in [2.24, 2.45) is 23.7 Å². The van der Waals surface area contributed by atoms with Gasteiger partial charge in [-0.1, -0.05) is 46.8 Å². The molecule has 0 bridgehead atoms. The minimum atomic E-state index is 0.682. The van der Waals surface area contributed by atoms with E-state index in [1.165, 1.54) is 0 Å². The van der Waals surface area contributed by atoms with Crippen molar-refractivity contribution in [1.29, 1.82) is 0 Å². The quantitative estimate of drug-likeness (QED) is 0.606. The predicted molar refractivity (Wildman–Crippen MR) is 70.0 cm³/mol. The van der Waals surface area contributed by atoms with Crippen molar-refractivity contribution >= 4 is 0 Å². The number of nitrogens with zero attached hydrogens (tertiary/aromatic N) is 1. The molecule has 0 radical (unpaired) electrons. The fraction of sp³-hybridized carbons (Fsp3) is 0.857. The van der Waals surface area contributed by atoms with Crippen molar-refractivity contribution in [2.45, 2.75) is 34.6 Å². The lowest BCUT2D eigenvalue weighted by Gasteiger charge is -2.22. The standard InChI is InChI=1S/C14H29N/c1-11(2)13(5)8-9-14(12(3)4)10-15(6)7/h8-9,11-14H,10H2,1-7H3. The van der Waals surface area contributed by atoms with Crippen LogP contribution in [0.15, 0.2) is 12.2 Å². The van der Waals surface area contributed by atoms with E-state index in [1.807, 2.05) is 0 Å². The lowest BCUT2D eigenvalue weighted by atomic mass is 9.91. The van der Waals surface area contributed by atoms with Gasteiger partial charge >= 0.3 is 0 Å². The number of rotatable bonds is 6. The third kappa shape index (κ3) is 6.72. The lowest BCUT2D eigenvalue weighted by Crippen LogP contribution is -2.24. The van der Waals surface area contributed by atoms with Crippen molar-refractivity contribution in [1.82, 2.24) is 4.90 Å². The molecule has 0 aromatic heterocycles. The smallest absolute Gasteiger partial charge is 0.00407 e. The fourth-order valence-electron chi connectivity index (χ4n) is 1.46. The van der Waals surface area contributed by atoms with Gasteiger partial charge in [0.25, 0.3) is 0 Å². The summed E-state index contributed by atoms with van der Waals surface area (Å²) in [5, 5.41) is 0. The molecule has 2 unspecified atom stereocenters. The van der Waals surface area contributed by atoms with Gasteiger partial charge in [0.05, 0.1) is 0 Å². The molecule has 1 heteroatoms. The Morgan fingerprint density at radius 3 is 1.73 bits per heavy atom. The maximum absolute atomic E-state index is 2.41. The highest BCUT2D eigenvalue weighted by atomic mass is 15.1. The van der Waals surface area contributed by atoms with Crippen LogP contribution in [0.1, 0.15) is 34.6 Å². The summed E-state index contributed by atoms with van der Waals surface area (Å²) in [5.41, 5.74) is 0. The molecule has 0 rings (SSSR count). The minimum absolute atomic E-state index is 0.682. The number of hydrogen-bond acceptors (Lipinski definition) is 1. The van der Waals surface area contributed by atoms with E-state index in [1.54, 1.807) is 0 Å². The summed E-state index contributed by atoms with van der Waals surface area (Å²) in [5.74, 6) is 2.84. The third-order valence-electron chi connectivity index (χ3n) is 3.15. The van der Waals surface area contributed by atoms with E-state index in [4.69, 9.17) is 0 Å². The molecule has 0 heterocycles. The van der Waals surface area contributed by atoms with E-state index >= 15 is 0 Å². The summed E-state index contributed by atoms with van der Waals surface area (Å²) in [6, 6.07) is 0. The second kappa shape index (κ2) is 7.05. The van der Waals surface area contributed by atoms with Crippen molar-refractivity contribution < 1.29 is 0 Å². The van der Waals surface area contributed by atoms with Gasteiger partial charge in [-0.3, -0.25) is 0 Å². The largest absolute Gasteiger partial charge is 0.309 e. The van der Waals surface area contributed by atoms with Crippen LogP contribution < -0.4 is 0 Å². The van der Waals surface area contributed by atoms with E-state index < -0.39 is 0 Å². The molecule has 2 atom stereocenters. The number of hydrogen-bond donors (Lipinski definition) is 0. The summed E-state index contributed by atoms with van der Waals surface area (Å²) < 4.78 is 0. The molecule has 0 saturated carbocycles. The van der Waals surface area contributed by atoms with Crippen LogP contribution in [0, 0.1) is 23.7 Å². The van der Waals surface area contributed by atoms with Gasteiger partial charge in [0, 0.05) is 6.54 Å². The van der Waals surface area contributed by atoms with E-state index in [9.17, 15) is 0 Å². The first kappa shape index (κ1) is 14.7. The van der Waals surface area contributed by atoms with Crippen LogP contribution in [0.4, 0.5) is 0 Å². The average molecular weight is 211 g/mol. The maximum atomic E-state index is 2.41. The molecule has 0 N–H and O–H groups in total. The van der Waals surface area contributed by atoms with Crippen LogP contribution in [0.2, 0.25) is 0 Å². The van der Waals surface area contributed by atoms with Gasteiger partial charge in [-0.05, 0) is 37.8 Å². The topological polar surface area (TPSA) is 3.24 Å². The first-order valence-electron chi connectivity index (χ1n) is 6.17. The summed E-state index contributed by atoms with van der Waals surface area (Å²) in [6.45, 7) is 12.6. The normalized spacial score (nSPS) is 16.9. The van der Waals surface area contributed by atoms with Gasteiger partial charge in [-0.25, -0.2) is 0 Å². The Balaban J connectivity index is 4.27. The van der Waals surface area contributed by atoms with Crippen molar-refractivity contribution in [2.75, 3.05) is 20.6 Å². The molecular weight excluding hydrogens is 182 g/mol. The second-order valence-corrected chi connectivity index (χ2v) is 5.66. The Morgan fingerprint density at radius 1 is 0.867 bits per heavy atom. The molecule has 0 fully saturated rings. The van der Waals surface area contributed by atoms with E-state index in [0.29, 0.717) is 11.8 Å². The Bertz CT molecular complexity index is 180. The zero-order chi connectivity index (χ0) is 12.0. The van der Waals surface area contributed by atoms with Gasteiger partial charge in [0.15, 0.2) is 0 Å². The van der Waals surface area contributed by atoms with E-state index in [-0.39, 0.29) is 0 Å². The summed E-state index contributed by atoms with van der Waals surface area (Å²) in [6.07, 6.45) is 4.80. The SMILES string of the molecule is CC(C)C(C)C=CC(CN(C)C)C(C)C. The molecule has 0 aromatic carbocycles. The monoisotopic (exact) mass is 211 g/mol. The van der Waals surface area contributed by atoms with Gasteiger partial charge in [-0.2, -0.15) is 0 Å². The summed E-state index contributed by atoms with van der Waals surface area (Å²) in [7, 11) is 4.30. The Hall–Kier alpha value is -0.300. The zero-order valence-electron chi connectivity index (χ0n) is 11.6. The molecule has 0 aromatic rings. The molecule has 0 aliphatic rings. The lowest BCUT2D eigenvalue weighted by molar-refractivity contribution is 0.310. The summed E-state index contributed by atoms with van der Waals surface area (Å²) in [4.78, 5) is 2.27. The van der Waals surface area contributed by atoms with E-state index in [0.717, 1.165) is 18.4 Å². The molecule has 90 valence electrons. The minimum Gasteiger partial charge on any atom is -0.309 e. The predicted octanol–water partition coefficient (Wildman–Crippen LogP) is 3.67. The highest BCUT2D eigenvalue weighted by molar-refractivity contribution is 4.94.